The van der Waals surface area contributed by atoms with E-state index in [0.29, 0.717) is 30.1 Å². The minimum Gasteiger partial charge on any atom is -0.494 e. The van der Waals surface area contributed by atoms with Crippen LogP contribution in [0.2, 0.25) is 0 Å². The third-order valence-corrected chi connectivity index (χ3v) is 6.62. The molecule has 2 aromatic carbocycles. The number of nitrogens with zero attached hydrogens (tertiary/aromatic N) is 1. The second-order valence-corrected chi connectivity index (χ2v) is 9.15. The molecular weight excluding hydrogens is 416 g/mol. The lowest BCUT2D eigenvalue weighted by molar-refractivity contribution is 0.0981. The van der Waals surface area contributed by atoms with E-state index < -0.39 is 10.0 Å². The number of furan rings is 1. The Balaban J connectivity index is 1.55. The summed E-state index contributed by atoms with van der Waals surface area (Å²) < 4.78 is 38.5. The normalized spacial score (nSPS) is 15.7. The standard InChI is InChI=1S/C23H24N2O5S/c1-3-29-19-8-6-17(7-9-19)23(26)25-16(2)13-18-14-21(10-11-22(18)25)31(27,28)24-15-20-5-4-12-30-20/h4-12,14,16,24H,3,13,15H2,1-2H3/t16-/m0/s1. The zero-order chi connectivity index (χ0) is 22.0. The van der Waals surface area contributed by atoms with Crippen LogP contribution in [-0.2, 0) is 23.0 Å². The van der Waals surface area contributed by atoms with Gasteiger partial charge in [-0.15, -0.1) is 0 Å². The van der Waals surface area contributed by atoms with Gasteiger partial charge in [0, 0.05) is 17.3 Å². The molecule has 1 amide bonds. The minimum absolute atomic E-state index is 0.0746. The summed E-state index contributed by atoms with van der Waals surface area (Å²) in [4.78, 5) is 15.0. The quantitative estimate of drug-likeness (QED) is 0.605. The number of hydrogen-bond acceptors (Lipinski definition) is 5. The Kier molecular flexibility index (Phi) is 5.84. The fourth-order valence-corrected chi connectivity index (χ4v) is 4.79. The van der Waals surface area contributed by atoms with E-state index in [1.54, 1.807) is 53.4 Å². The van der Waals surface area contributed by atoms with Gasteiger partial charge in [-0.3, -0.25) is 4.79 Å². The van der Waals surface area contributed by atoms with Crippen LogP contribution in [0.25, 0.3) is 0 Å². The lowest BCUT2D eigenvalue weighted by Gasteiger charge is -2.23. The van der Waals surface area contributed by atoms with E-state index in [1.807, 2.05) is 13.8 Å². The fourth-order valence-electron chi connectivity index (χ4n) is 3.75. The molecule has 1 atom stereocenters. The van der Waals surface area contributed by atoms with Crippen molar-refractivity contribution in [1.29, 1.82) is 0 Å². The molecule has 4 rings (SSSR count). The molecule has 0 saturated heterocycles. The van der Waals surface area contributed by atoms with Crippen molar-refractivity contribution in [2.75, 3.05) is 11.5 Å². The predicted molar refractivity (Wildman–Crippen MR) is 117 cm³/mol. The molecule has 1 N–H and O–H groups in total. The minimum atomic E-state index is -3.70. The Hall–Kier alpha value is -3.10. The predicted octanol–water partition coefficient (Wildman–Crippen LogP) is 3.75. The highest BCUT2D eigenvalue weighted by molar-refractivity contribution is 7.89. The highest BCUT2D eigenvalue weighted by atomic mass is 32.2. The van der Waals surface area contributed by atoms with E-state index in [9.17, 15) is 13.2 Å². The SMILES string of the molecule is CCOc1ccc(C(=O)N2c3ccc(S(=O)(=O)NCc4ccco4)cc3C[C@@H]2C)cc1. The number of sulfonamides is 1. The molecule has 0 spiro atoms. The van der Waals surface area contributed by atoms with Gasteiger partial charge in [0.15, 0.2) is 0 Å². The molecular formula is C23H24N2O5S. The zero-order valence-corrected chi connectivity index (χ0v) is 18.2. The number of ether oxygens (including phenoxy) is 1. The smallest absolute Gasteiger partial charge is 0.258 e. The van der Waals surface area contributed by atoms with Gasteiger partial charge in [0.25, 0.3) is 5.91 Å². The summed E-state index contributed by atoms with van der Waals surface area (Å²) in [5, 5.41) is 0. The number of hydrogen-bond donors (Lipinski definition) is 1. The Labute approximate surface area is 181 Å². The van der Waals surface area contributed by atoms with E-state index in [1.165, 1.54) is 12.3 Å². The van der Waals surface area contributed by atoms with E-state index in [2.05, 4.69) is 4.72 Å². The van der Waals surface area contributed by atoms with Gasteiger partial charge in [-0.2, -0.15) is 0 Å². The van der Waals surface area contributed by atoms with Crippen LogP contribution in [0.4, 0.5) is 5.69 Å². The first-order chi connectivity index (χ1) is 14.9. The van der Waals surface area contributed by atoms with Gasteiger partial charge in [0.2, 0.25) is 10.0 Å². The van der Waals surface area contributed by atoms with Crippen molar-refractivity contribution < 1.29 is 22.4 Å². The van der Waals surface area contributed by atoms with Crippen LogP contribution < -0.4 is 14.4 Å². The van der Waals surface area contributed by atoms with Gasteiger partial charge in [-0.25, -0.2) is 13.1 Å². The summed E-state index contributed by atoms with van der Waals surface area (Å²) in [6.07, 6.45) is 2.08. The second-order valence-electron chi connectivity index (χ2n) is 7.38. The van der Waals surface area contributed by atoms with E-state index in [4.69, 9.17) is 9.15 Å². The molecule has 0 radical (unpaired) electrons. The molecule has 1 aliphatic rings. The first kappa shape index (κ1) is 21.1. The Bertz CT molecular complexity index is 1170. The number of fused-ring (bicyclic) bond motifs is 1. The monoisotopic (exact) mass is 440 g/mol. The molecule has 8 heteroatoms. The van der Waals surface area contributed by atoms with Gasteiger partial charge in [-0.05, 0) is 80.4 Å². The topological polar surface area (TPSA) is 88.8 Å². The van der Waals surface area contributed by atoms with Crippen molar-refractivity contribution in [2.24, 2.45) is 0 Å². The molecule has 0 fully saturated rings. The van der Waals surface area contributed by atoms with Crippen molar-refractivity contribution in [3.05, 3.63) is 77.7 Å². The van der Waals surface area contributed by atoms with Crippen molar-refractivity contribution in [1.82, 2.24) is 4.72 Å². The van der Waals surface area contributed by atoms with Crippen LogP contribution in [0, 0.1) is 0 Å². The first-order valence-electron chi connectivity index (χ1n) is 10.1. The number of rotatable bonds is 7. The fraction of sp³-hybridized carbons (Fsp3) is 0.261. The van der Waals surface area contributed by atoms with Crippen LogP contribution in [0.5, 0.6) is 5.75 Å². The van der Waals surface area contributed by atoms with Gasteiger partial charge in [0.1, 0.15) is 11.5 Å². The van der Waals surface area contributed by atoms with Crippen LogP contribution in [-0.4, -0.2) is 27.0 Å². The molecule has 0 unspecified atom stereocenters. The van der Waals surface area contributed by atoms with Crippen LogP contribution in [0.15, 0.2) is 70.2 Å². The third-order valence-electron chi connectivity index (χ3n) is 5.22. The summed E-state index contributed by atoms with van der Waals surface area (Å²) in [6, 6.07) is 15.2. The lowest BCUT2D eigenvalue weighted by atomic mass is 10.1. The van der Waals surface area contributed by atoms with Crippen LogP contribution in [0.3, 0.4) is 0 Å². The molecule has 1 aromatic heterocycles. The van der Waals surface area contributed by atoms with Crippen molar-refractivity contribution in [3.8, 4) is 5.75 Å². The number of carbonyl (C=O) groups is 1. The lowest BCUT2D eigenvalue weighted by Crippen LogP contribution is -2.35. The second kappa shape index (κ2) is 8.56. The summed E-state index contributed by atoms with van der Waals surface area (Å²) in [6.45, 7) is 4.50. The van der Waals surface area contributed by atoms with Crippen molar-refractivity contribution in [2.45, 2.75) is 37.8 Å². The summed E-state index contributed by atoms with van der Waals surface area (Å²) in [5.41, 5.74) is 2.11. The number of carbonyl (C=O) groups excluding carboxylic acids is 1. The zero-order valence-electron chi connectivity index (χ0n) is 17.4. The van der Waals surface area contributed by atoms with Gasteiger partial charge in [0.05, 0.1) is 24.3 Å². The maximum Gasteiger partial charge on any atom is 0.258 e. The first-order valence-corrected chi connectivity index (χ1v) is 11.6. The highest BCUT2D eigenvalue weighted by Crippen LogP contribution is 2.35. The van der Waals surface area contributed by atoms with E-state index in [-0.39, 0.29) is 23.4 Å². The van der Waals surface area contributed by atoms with E-state index >= 15 is 0 Å². The van der Waals surface area contributed by atoms with Gasteiger partial charge >= 0.3 is 0 Å². The Morgan fingerprint density at radius 3 is 2.65 bits per heavy atom. The molecule has 0 aliphatic carbocycles. The number of anilines is 1. The van der Waals surface area contributed by atoms with Crippen LogP contribution in [0.1, 0.15) is 35.5 Å². The largest absolute Gasteiger partial charge is 0.494 e. The van der Waals surface area contributed by atoms with Gasteiger partial charge in [-0.1, -0.05) is 0 Å². The molecule has 0 bridgehead atoms. The van der Waals surface area contributed by atoms with Gasteiger partial charge < -0.3 is 14.1 Å². The van der Waals surface area contributed by atoms with Crippen molar-refractivity contribution >= 4 is 21.6 Å². The molecule has 162 valence electrons. The molecule has 31 heavy (non-hydrogen) atoms. The maximum absolute atomic E-state index is 13.1. The average molecular weight is 441 g/mol. The Morgan fingerprint density at radius 1 is 1.19 bits per heavy atom. The Morgan fingerprint density at radius 2 is 1.97 bits per heavy atom. The molecule has 7 nitrogen and oxygen atoms in total. The third kappa shape index (κ3) is 4.35. The average Bonchev–Trinajstić information content (AvgIpc) is 3.39. The number of amides is 1. The number of nitrogens with one attached hydrogen (secondary N) is 1. The molecule has 0 saturated carbocycles. The summed E-state index contributed by atoms with van der Waals surface area (Å²) in [5.74, 6) is 1.12. The summed E-state index contributed by atoms with van der Waals surface area (Å²) >= 11 is 0. The number of benzene rings is 2. The summed E-state index contributed by atoms with van der Waals surface area (Å²) in [7, 11) is -3.70. The van der Waals surface area contributed by atoms with E-state index in [0.717, 1.165) is 11.3 Å². The van der Waals surface area contributed by atoms with Crippen LogP contribution >= 0.6 is 0 Å². The highest BCUT2D eigenvalue weighted by Gasteiger charge is 2.32. The van der Waals surface area contributed by atoms with Crippen molar-refractivity contribution in [3.63, 3.8) is 0 Å². The molecule has 3 aromatic rings. The molecule has 1 aliphatic heterocycles. The molecule has 2 heterocycles. The maximum atomic E-state index is 13.1.